The number of fused-ring (bicyclic) bond motifs is 1. The number of rotatable bonds is 9. The van der Waals surface area contributed by atoms with Crippen LogP contribution < -0.4 is 10.8 Å². The average molecular weight is 626 g/mol. The van der Waals surface area contributed by atoms with E-state index in [9.17, 15) is 32.3 Å². The number of halogens is 3. The van der Waals surface area contributed by atoms with E-state index in [0.717, 1.165) is 28.8 Å². The van der Waals surface area contributed by atoms with Crippen molar-refractivity contribution in [2.45, 2.75) is 30.1 Å². The lowest BCUT2D eigenvalue weighted by atomic mass is 10.00. The summed E-state index contributed by atoms with van der Waals surface area (Å²) < 4.78 is 44.6. The normalized spacial score (nSPS) is 17.9. The van der Waals surface area contributed by atoms with Gasteiger partial charge in [0.15, 0.2) is 6.10 Å². The van der Waals surface area contributed by atoms with Crippen LogP contribution in [0.3, 0.4) is 0 Å². The quantitative estimate of drug-likeness (QED) is 0.211. The molecule has 228 valence electrons. The van der Waals surface area contributed by atoms with E-state index in [2.05, 4.69) is 10.8 Å². The van der Waals surface area contributed by atoms with Crippen molar-refractivity contribution in [1.29, 1.82) is 0 Å². The lowest BCUT2D eigenvalue weighted by Gasteiger charge is -2.49. The fourth-order valence-corrected chi connectivity index (χ4v) is 6.25. The first-order valence-electron chi connectivity index (χ1n) is 13.4. The van der Waals surface area contributed by atoms with Gasteiger partial charge < -0.3 is 10.1 Å². The number of carbonyl (C=O) groups excluding carboxylic acids is 4. The Morgan fingerprint density at radius 1 is 0.955 bits per heavy atom. The van der Waals surface area contributed by atoms with Crippen LogP contribution in [0.15, 0.2) is 96.2 Å². The van der Waals surface area contributed by atoms with E-state index >= 15 is 0 Å². The first kappa shape index (κ1) is 30.8. The lowest BCUT2D eigenvalue weighted by Crippen LogP contribution is -2.71. The zero-order valence-electron chi connectivity index (χ0n) is 23.2. The first-order chi connectivity index (χ1) is 21.1. The molecule has 0 saturated carbocycles. The van der Waals surface area contributed by atoms with Crippen molar-refractivity contribution in [1.82, 2.24) is 15.7 Å². The summed E-state index contributed by atoms with van der Waals surface area (Å²) in [6.45, 7) is 0. The van der Waals surface area contributed by atoms with Crippen LogP contribution in [0.1, 0.15) is 28.4 Å². The van der Waals surface area contributed by atoms with Gasteiger partial charge in [0.1, 0.15) is 17.1 Å². The van der Waals surface area contributed by atoms with E-state index in [1.807, 2.05) is 12.1 Å². The van der Waals surface area contributed by atoms with Crippen molar-refractivity contribution in [3.05, 3.63) is 118 Å². The Morgan fingerprint density at radius 2 is 1.55 bits per heavy atom. The van der Waals surface area contributed by atoms with Gasteiger partial charge in [-0.1, -0.05) is 72.8 Å². The minimum Gasteiger partial charge on any atom is -0.448 e. The Morgan fingerprint density at radius 3 is 2.09 bits per heavy atom. The molecule has 2 aliphatic heterocycles. The zero-order chi connectivity index (χ0) is 31.4. The van der Waals surface area contributed by atoms with Crippen LogP contribution >= 0.6 is 11.8 Å². The summed E-state index contributed by atoms with van der Waals surface area (Å²) in [6, 6.07) is 21.1. The summed E-state index contributed by atoms with van der Waals surface area (Å²) in [5.41, 5.74) is 2.69. The molecule has 2 N–H and O–H groups in total. The third-order valence-corrected chi connectivity index (χ3v) is 8.30. The van der Waals surface area contributed by atoms with Crippen molar-refractivity contribution in [2.75, 3.05) is 12.9 Å². The summed E-state index contributed by atoms with van der Waals surface area (Å²) in [4.78, 5) is 58.7. The molecule has 2 aliphatic rings. The van der Waals surface area contributed by atoms with Crippen LogP contribution in [0.5, 0.6) is 0 Å². The van der Waals surface area contributed by atoms with Crippen LogP contribution in [0.25, 0.3) is 0 Å². The Bertz CT molecular complexity index is 1540. The Labute approximate surface area is 254 Å². The van der Waals surface area contributed by atoms with Crippen LogP contribution in [0.4, 0.5) is 13.2 Å². The number of benzene rings is 3. The number of hydrogen-bond acceptors (Lipinski definition) is 7. The number of esters is 1. The molecule has 1 saturated heterocycles. The molecule has 13 heteroatoms. The molecule has 0 radical (unpaired) electrons. The fraction of sp³-hybridized carbons (Fsp3) is 0.226. The molecule has 1 unspecified atom stereocenters. The van der Waals surface area contributed by atoms with Gasteiger partial charge in [-0.3, -0.25) is 24.1 Å². The van der Waals surface area contributed by atoms with Gasteiger partial charge in [-0.25, -0.2) is 10.3 Å². The highest BCUT2D eigenvalue weighted by Crippen LogP contribution is 2.42. The molecule has 9 nitrogen and oxygen atoms in total. The smallest absolute Gasteiger partial charge is 0.416 e. The largest absolute Gasteiger partial charge is 0.448 e. The Kier molecular flexibility index (Phi) is 9.06. The molecule has 0 bridgehead atoms. The van der Waals surface area contributed by atoms with Gasteiger partial charge in [0.25, 0.3) is 11.8 Å². The zero-order valence-corrected chi connectivity index (χ0v) is 24.0. The summed E-state index contributed by atoms with van der Waals surface area (Å²) >= 11 is 1.16. The first-order valence-corrected chi connectivity index (χ1v) is 14.4. The maximum absolute atomic E-state index is 13.8. The topological polar surface area (TPSA) is 114 Å². The Balaban J connectivity index is 1.36. The molecular weight excluding hydrogens is 599 g/mol. The van der Waals surface area contributed by atoms with Crippen molar-refractivity contribution in [2.24, 2.45) is 0 Å². The molecule has 2 atom stereocenters. The average Bonchev–Trinajstić information content (AvgIpc) is 3.02. The second kappa shape index (κ2) is 12.9. The number of ether oxygens (including phenoxy) is 1. The van der Waals surface area contributed by atoms with Crippen molar-refractivity contribution < 1.29 is 41.9 Å². The van der Waals surface area contributed by atoms with Crippen LogP contribution in [0, 0.1) is 0 Å². The maximum Gasteiger partial charge on any atom is 0.416 e. The second-order valence-electron chi connectivity index (χ2n) is 9.90. The third kappa shape index (κ3) is 6.48. The van der Waals surface area contributed by atoms with Gasteiger partial charge in [-0.2, -0.15) is 13.2 Å². The van der Waals surface area contributed by atoms with E-state index in [1.54, 1.807) is 48.5 Å². The lowest BCUT2D eigenvalue weighted by molar-refractivity contribution is -0.155. The molecule has 3 amide bonds. The molecule has 5 rings (SSSR count). The van der Waals surface area contributed by atoms with Gasteiger partial charge in [-0.05, 0) is 28.8 Å². The number of alkyl halides is 3. The van der Waals surface area contributed by atoms with Gasteiger partial charge in [0.2, 0.25) is 5.91 Å². The molecule has 3 aromatic rings. The standard InChI is InChI=1S/C31H26F3N3O6S/c1-42-36-27(39)22-17-44-29-24(35-23(38)16-18-12-14-21(15-13-18)31(32,33)34)28(40)37(29)25(22)30(41)43-26(19-8-4-2-5-9-19)20-10-6-3-7-11-20/h2-15,24,26,29H,16-17H2,1H3,(H,35,38)(H,36,39)/t24?,29-/m1/s1. The SMILES string of the molecule is CONC(=O)C1=C(C(=O)OC(c2ccccc2)c2ccccc2)N2C(=O)C(NC(=O)Cc3ccc(C(F)(F)F)cc3)[C@H]2SC1. The molecule has 0 spiro atoms. The highest BCUT2D eigenvalue weighted by Gasteiger charge is 2.55. The van der Waals surface area contributed by atoms with E-state index in [1.165, 1.54) is 19.2 Å². The van der Waals surface area contributed by atoms with Crippen LogP contribution in [-0.4, -0.2) is 52.9 Å². The number of hydrogen-bond donors (Lipinski definition) is 2. The summed E-state index contributed by atoms with van der Waals surface area (Å²) in [5.74, 6) is -2.89. The number of amides is 3. The van der Waals surface area contributed by atoms with Crippen molar-refractivity contribution in [3.8, 4) is 0 Å². The van der Waals surface area contributed by atoms with Crippen molar-refractivity contribution in [3.63, 3.8) is 0 Å². The minimum atomic E-state index is -4.51. The number of nitrogens with zero attached hydrogens (tertiary/aromatic N) is 1. The predicted octanol–water partition coefficient (Wildman–Crippen LogP) is 3.91. The fourth-order valence-electron chi connectivity index (χ4n) is 4.91. The Hall–Kier alpha value is -4.62. The van der Waals surface area contributed by atoms with Gasteiger partial charge in [0.05, 0.1) is 24.7 Å². The van der Waals surface area contributed by atoms with Crippen LogP contribution in [0.2, 0.25) is 0 Å². The molecule has 0 aromatic heterocycles. The molecule has 44 heavy (non-hydrogen) atoms. The van der Waals surface area contributed by atoms with Gasteiger partial charge in [0, 0.05) is 5.75 Å². The van der Waals surface area contributed by atoms with Gasteiger partial charge >= 0.3 is 12.1 Å². The van der Waals surface area contributed by atoms with Gasteiger partial charge in [-0.15, -0.1) is 11.8 Å². The molecule has 3 aromatic carbocycles. The third-order valence-electron chi connectivity index (χ3n) is 7.02. The van der Waals surface area contributed by atoms with E-state index in [4.69, 9.17) is 9.57 Å². The molecular formula is C31H26F3N3O6S. The highest BCUT2D eigenvalue weighted by atomic mass is 32.2. The van der Waals surface area contributed by atoms with E-state index < -0.39 is 53.0 Å². The number of thioether (sulfide) groups is 1. The maximum atomic E-state index is 13.8. The van der Waals surface area contributed by atoms with Crippen molar-refractivity contribution >= 4 is 35.5 Å². The molecule has 0 aliphatic carbocycles. The number of hydroxylamine groups is 1. The number of carbonyl (C=O) groups is 4. The number of β-lactam (4-membered cyclic amide) rings is 1. The monoisotopic (exact) mass is 625 g/mol. The van der Waals surface area contributed by atoms with Crippen LogP contribution in [-0.2, 0) is 41.3 Å². The minimum absolute atomic E-state index is 0.000683. The summed E-state index contributed by atoms with van der Waals surface area (Å²) in [6.07, 6.45) is -5.62. The van der Waals surface area contributed by atoms with E-state index in [-0.39, 0.29) is 23.4 Å². The predicted molar refractivity (Wildman–Crippen MR) is 153 cm³/mol. The number of nitrogens with one attached hydrogen (secondary N) is 2. The molecule has 1 fully saturated rings. The highest BCUT2D eigenvalue weighted by molar-refractivity contribution is 8.00. The second-order valence-corrected chi connectivity index (χ2v) is 11.0. The summed E-state index contributed by atoms with van der Waals surface area (Å²) in [7, 11) is 1.23. The van der Waals surface area contributed by atoms with E-state index in [0.29, 0.717) is 16.7 Å². The summed E-state index contributed by atoms with van der Waals surface area (Å²) in [5, 5.41) is 1.88. The molecule has 2 heterocycles.